The zero-order valence-corrected chi connectivity index (χ0v) is 63.4. The van der Waals surface area contributed by atoms with Crippen molar-refractivity contribution < 1.29 is 109 Å². The molecule has 0 bridgehead atoms. The number of allylic oxidation sites excluding steroid dienone is 1. The van der Waals surface area contributed by atoms with Crippen LogP contribution in [0.15, 0.2) is 54.6 Å². The third kappa shape index (κ3) is 36.5. The zero-order valence-electron chi connectivity index (χ0n) is 61.8. The average molecular weight is 1510 g/mol. The number of carbonyl (C=O) groups is 11. The molecule has 584 valence electrons. The Morgan fingerprint density at radius 2 is 1.38 bits per heavy atom. The SMILES string of the molecule is C/C=C/C[C@H](OC(=O)[C@H](CC(C)C)OC(=O)C(C)(C)CNC(=O)C(Cc1ccc(OC)c(Cl)c1)NC=O)[C@H](C)[C@H]1O[C@@H]1c1ccc(CCC(=O)[C@H](CCCCNC(=O)CCOCCOCCOCCOC)CC(=O)[C@@H](NC(=O)CCN(CCC(=O)O)C(=O)CCC(=O)NCCS(=O)(=O)O)C(C)C)cc1. The number of halogens is 1. The molecule has 0 aromatic heterocycles. The summed E-state index contributed by atoms with van der Waals surface area (Å²) >= 11 is 6.29. The number of rotatable bonds is 57. The number of amides is 6. The molecule has 7 N–H and O–H groups in total. The van der Waals surface area contributed by atoms with Crippen molar-refractivity contribution in [2.75, 3.05) is 98.9 Å². The highest BCUT2D eigenvalue weighted by Crippen LogP contribution is 2.45. The normalized spacial score (nSPS) is 15.4. The number of carboxylic acid groups (broad SMARTS) is 1. The molecule has 0 aliphatic carbocycles. The Morgan fingerprint density at radius 1 is 0.740 bits per heavy atom. The van der Waals surface area contributed by atoms with E-state index in [2.05, 4.69) is 26.6 Å². The maximum absolute atomic E-state index is 14.3. The molecule has 6 amide bonds. The molecule has 1 unspecified atom stereocenters. The predicted molar refractivity (Wildman–Crippen MR) is 384 cm³/mol. The van der Waals surface area contributed by atoms with Gasteiger partial charge in [0.15, 0.2) is 11.9 Å². The molecule has 0 saturated carbocycles. The van der Waals surface area contributed by atoms with Gasteiger partial charge in [-0.3, -0.25) is 52.5 Å². The van der Waals surface area contributed by atoms with E-state index in [1.54, 1.807) is 53.0 Å². The third-order valence-corrected chi connectivity index (χ3v) is 18.2. The molecule has 31 heteroatoms. The number of benzene rings is 2. The van der Waals surface area contributed by atoms with E-state index >= 15 is 0 Å². The molecule has 1 saturated heterocycles. The van der Waals surface area contributed by atoms with Crippen LogP contribution in [0.4, 0.5) is 0 Å². The molecule has 2 aromatic rings. The first kappa shape index (κ1) is 90.8. The summed E-state index contributed by atoms with van der Waals surface area (Å²) in [7, 11) is -1.29. The number of ketones is 2. The highest BCUT2D eigenvalue weighted by Gasteiger charge is 2.48. The van der Waals surface area contributed by atoms with Gasteiger partial charge < -0.3 is 74.5 Å². The molecule has 29 nitrogen and oxygen atoms in total. The first-order chi connectivity index (χ1) is 49.3. The molecule has 1 aliphatic rings. The van der Waals surface area contributed by atoms with Crippen LogP contribution < -0.4 is 31.3 Å². The third-order valence-electron chi connectivity index (χ3n) is 17.2. The van der Waals surface area contributed by atoms with Gasteiger partial charge in [0.1, 0.15) is 29.8 Å². The number of Topliss-reactive ketones (excluding diaryl/α,β-unsaturated/α-hetero) is 2. The Bertz CT molecular complexity index is 3210. The van der Waals surface area contributed by atoms with Crippen LogP contribution in [0.3, 0.4) is 0 Å². The highest BCUT2D eigenvalue weighted by atomic mass is 35.5. The smallest absolute Gasteiger partial charge is 0.347 e. The lowest BCUT2D eigenvalue weighted by atomic mass is 9.85. The molecule has 1 heterocycles. The van der Waals surface area contributed by atoms with Crippen LogP contribution in [-0.4, -0.2) is 218 Å². The number of aliphatic carboxylic acids is 1. The summed E-state index contributed by atoms with van der Waals surface area (Å²) in [6.07, 6.45) is 1.89. The van der Waals surface area contributed by atoms with Crippen molar-refractivity contribution >= 4 is 87.1 Å². The lowest BCUT2D eigenvalue weighted by Crippen LogP contribution is -2.49. The van der Waals surface area contributed by atoms with E-state index < -0.39 is 124 Å². The number of nitrogens with one attached hydrogen (secondary N) is 5. The number of hydrogen-bond donors (Lipinski definition) is 7. The van der Waals surface area contributed by atoms with Crippen molar-refractivity contribution in [3.05, 3.63) is 76.3 Å². The van der Waals surface area contributed by atoms with Gasteiger partial charge in [-0.05, 0) is 87.1 Å². The molecule has 104 heavy (non-hydrogen) atoms. The monoisotopic (exact) mass is 1510 g/mol. The maximum atomic E-state index is 14.3. The summed E-state index contributed by atoms with van der Waals surface area (Å²) < 4.78 is 75.8. The van der Waals surface area contributed by atoms with Crippen LogP contribution in [-0.2, 0) is 109 Å². The molecule has 3 rings (SSSR count). The number of nitrogens with zero attached hydrogens (tertiary/aromatic N) is 1. The van der Waals surface area contributed by atoms with Crippen molar-refractivity contribution in [3.63, 3.8) is 0 Å². The van der Waals surface area contributed by atoms with Crippen LogP contribution in [0, 0.1) is 29.1 Å². The fourth-order valence-electron chi connectivity index (χ4n) is 10.9. The molecule has 1 fully saturated rings. The van der Waals surface area contributed by atoms with E-state index in [1.807, 2.05) is 64.1 Å². The Hall–Kier alpha value is -7.45. The Balaban J connectivity index is 1.70. The second kappa shape index (κ2) is 48.6. The van der Waals surface area contributed by atoms with Gasteiger partial charge in [0.05, 0.1) is 88.1 Å². The summed E-state index contributed by atoms with van der Waals surface area (Å²) in [5.74, 6) is -8.04. The molecular weight excluding hydrogens is 1400 g/mol. The predicted octanol–water partition coefficient (Wildman–Crippen LogP) is 5.83. The number of carboxylic acids is 1. The van der Waals surface area contributed by atoms with Gasteiger partial charge in [-0.1, -0.05) is 95.1 Å². The van der Waals surface area contributed by atoms with E-state index in [1.165, 1.54) is 7.11 Å². The van der Waals surface area contributed by atoms with Gasteiger partial charge in [0.25, 0.3) is 10.1 Å². The van der Waals surface area contributed by atoms with Crippen LogP contribution in [0.1, 0.15) is 155 Å². The van der Waals surface area contributed by atoms with Gasteiger partial charge >= 0.3 is 17.9 Å². The van der Waals surface area contributed by atoms with Crippen LogP contribution in [0.2, 0.25) is 5.02 Å². The van der Waals surface area contributed by atoms with E-state index in [0.717, 1.165) is 16.0 Å². The lowest BCUT2D eigenvalue weighted by molar-refractivity contribution is -0.179. The van der Waals surface area contributed by atoms with Gasteiger partial charge in [0.2, 0.25) is 35.9 Å². The first-order valence-electron chi connectivity index (χ1n) is 35.4. The number of carbonyl (C=O) groups excluding carboxylic acids is 10. The quantitative estimate of drug-likeness (QED) is 0.0102. The number of esters is 2. The summed E-state index contributed by atoms with van der Waals surface area (Å²) in [6.45, 7) is 15.8. The first-order valence-corrected chi connectivity index (χ1v) is 37.4. The minimum atomic E-state index is -4.35. The topological polar surface area (TPSA) is 403 Å². The van der Waals surface area contributed by atoms with Gasteiger partial charge in [-0.2, -0.15) is 8.42 Å². The number of hydrogen-bond acceptors (Lipinski definition) is 21. The van der Waals surface area contributed by atoms with Crippen molar-refractivity contribution in [1.82, 2.24) is 31.5 Å². The summed E-state index contributed by atoms with van der Waals surface area (Å²) in [6, 6.07) is 10.5. The number of epoxide rings is 1. The number of aryl methyl sites for hydroxylation is 1. The summed E-state index contributed by atoms with van der Waals surface area (Å²) in [4.78, 5) is 146. The molecule has 2 aromatic carbocycles. The molecule has 0 spiro atoms. The zero-order chi connectivity index (χ0) is 77.4. The van der Waals surface area contributed by atoms with Crippen LogP contribution in [0.5, 0.6) is 5.75 Å². The fourth-order valence-corrected chi connectivity index (χ4v) is 11.6. The molecular formula is C73H111ClN6O23S. The van der Waals surface area contributed by atoms with E-state index in [9.17, 15) is 66.3 Å². The minimum absolute atomic E-state index is 0.0637. The summed E-state index contributed by atoms with van der Waals surface area (Å²) in [5, 5.41) is 22.8. The number of ether oxygens (including phenoxy) is 8. The number of unbranched alkanes of at least 4 members (excludes halogenated alkanes) is 1. The van der Waals surface area contributed by atoms with Crippen molar-refractivity contribution in [2.45, 2.75) is 182 Å². The Kier molecular flexibility index (Phi) is 42.4. The van der Waals surface area contributed by atoms with Gasteiger partial charge in [-0.25, -0.2) is 4.79 Å². The molecule has 1 aliphatic heterocycles. The van der Waals surface area contributed by atoms with Crippen molar-refractivity contribution in [3.8, 4) is 5.75 Å². The standard InChI is InChI=1S/C73H111ClN6O23S/c1-11-12-16-59(101-71(91)61(42-48(2)3)102-72(92)73(7,8)46-77-70(90)56(78-47-81)44-52-20-24-60(97-10)55(74)43-52)50(6)68-69(103-68)53-21-17-51(18-22-53)19-23-57(82)54(15-13-14-30-75-63(85)29-34-98-37-38-100-40-39-99-36-35-96-9)45-58(83)67(49(4)5)79-64(86)27-32-80(33-28-66(88)89)65(87)26-25-62(84)76-31-41-104(93,94)95/h11-12,17-18,20-22,24,43,47-50,54,56,59,61,67-69H,13-16,19,23,25-42,44-46H2,1-10H3,(H,75,85)(H,76,84)(H,77,90)(H,78,81)(H,79,86)(H,88,89)(H,93,94,95)/b12-11+/t50-,54+,56?,59-,61-,67-,68+,69+/m0/s1. The summed E-state index contributed by atoms with van der Waals surface area (Å²) in [5.41, 5.74) is 0.990. The lowest BCUT2D eigenvalue weighted by Gasteiger charge is -2.29. The van der Waals surface area contributed by atoms with Crippen molar-refractivity contribution in [1.29, 1.82) is 0 Å². The van der Waals surface area contributed by atoms with Gasteiger partial charge in [-0.15, -0.1) is 0 Å². The van der Waals surface area contributed by atoms with E-state index in [0.29, 0.717) is 94.6 Å². The largest absolute Gasteiger partial charge is 0.495 e. The van der Waals surface area contributed by atoms with E-state index in [-0.39, 0.29) is 113 Å². The van der Waals surface area contributed by atoms with E-state index in [4.69, 9.17) is 54.0 Å². The van der Waals surface area contributed by atoms with Crippen molar-refractivity contribution in [2.24, 2.45) is 29.1 Å². The Labute approximate surface area is 616 Å². The maximum Gasteiger partial charge on any atom is 0.347 e. The van der Waals surface area contributed by atoms with Crippen LogP contribution >= 0.6 is 11.6 Å². The van der Waals surface area contributed by atoms with Crippen LogP contribution in [0.25, 0.3) is 0 Å². The molecule has 8 atom stereocenters. The molecule has 0 radical (unpaired) electrons. The second-order valence-corrected chi connectivity index (χ2v) is 29.0. The fraction of sp³-hybridized carbons (Fsp3) is 0.658. The Morgan fingerprint density at radius 3 is 1.98 bits per heavy atom. The average Bonchev–Trinajstić information content (AvgIpc) is 1.63. The second-order valence-electron chi connectivity index (χ2n) is 27.0. The van der Waals surface area contributed by atoms with Gasteiger partial charge in [0, 0.05) is 103 Å². The minimum Gasteiger partial charge on any atom is -0.495 e. The highest BCUT2D eigenvalue weighted by molar-refractivity contribution is 7.85. The number of methoxy groups -OCH3 is 2.